The SMILES string of the molecule is C[C@H]1C[C@H](O)[C@@H](C)/C=C/C=C/C=C/C=C/C=C/C=C/C=C/C(O[C@@H]2OC[C@@H](O)[C@H](N)[C@@H]2O)C[C@@H]2OC(O)(CC(O)CC(O)C(O)CCC(O)CC(O)CC(=O)O1)C[C@H](O)C2C(=O)N[C@H]1CC[C@H](N)CC1. The normalized spacial score (nSPS) is 44.3. The Labute approximate surface area is 411 Å². The highest BCUT2D eigenvalue weighted by Gasteiger charge is 2.51. The van der Waals surface area contributed by atoms with E-state index < -0.39 is 135 Å². The van der Waals surface area contributed by atoms with Crippen molar-refractivity contribution in [3.05, 3.63) is 85.1 Å². The number of esters is 1. The maximum absolute atomic E-state index is 14.1. The fourth-order valence-corrected chi connectivity index (χ4v) is 9.07. The van der Waals surface area contributed by atoms with Crippen LogP contribution in [0.3, 0.4) is 0 Å². The zero-order valence-electron chi connectivity index (χ0n) is 40.5. The molecule has 3 heterocycles. The van der Waals surface area contributed by atoms with Gasteiger partial charge in [0.25, 0.3) is 0 Å². The van der Waals surface area contributed by atoms with Crippen LogP contribution in [0.15, 0.2) is 85.1 Å². The van der Waals surface area contributed by atoms with Crippen molar-refractivity contribution in [3.63, 3.8) is 0 Å². The summed E-state index contributed by atoms with van der Waals surface area (Å²) in [4.78, 5) is 26.6. The van der Waals surface area contributed by atoms with Crippen LogP contribution < -0.4 is 16.8 Å². The number of aliphatic hydroxyl groups is 10. The Morgan fingerprint density at radius 3 is 1.89 bits per heavy atom. The molecule has 0 aromatic rings. The molecule has 4 rings (SSSR count). The first-order chi connectivity index (χ1) is 33.2. The summed E-state index contributed by atoms with van der Waals surface area (Å²) in [5.41, 5.74) is 12.1. The van der Waals surface area contributed by atoms with Crippen LogP contribution in [-0.4, -0.2) is 173 Å². The summed E-state index contributed by atoms with van der Waals surface area (Å²) in [6, 6.07) is -1.32. The van der Waals surface area contributed by atoms with Gasteiger partial charge in [-0.1, -0.05) is 92.0 Å². The van der Waals surface area contributed by atoms with Gasteiger partial charge in [-0.25, -0.2) is 0 Å². The van der Waals surface area contributed by atoms with Gasteiger partial charge in [0.1, 0.15) is 12.2 Å². The molecule has 15 N–H and O–H groups in total. The number of hydrogen-bond acceptors (Lipinski definition) is 18. The predicted molar refractivity (Wildman–Crippen MR) is 259 cm³/mol. The molecule has 1 amide bonds. The van der Waals surface area contributed by atoms with Crippen molar-refractivity contribution in [1.82, 2.24) is 5.32 Å². The van der Waals surface area contributed by atoms with E-state index >= 15 is 0 Å². The Hall–Kier alpha value is -3.48. The van der Waals surface area contributed by atoms with E-state index in [-0.39, 0.29) is 56.7 Å². The Kier molecular flexibility index (Phi) is 25.2. The smallest absolute Gasteiger partial charge is 0.308 e. The molecule has 0 radical (unpaired) electrons. The Balaban J connectivity index is 1.58. The highest BCUT2D eigenvalue weighted by atomic mass is 16.7. The second-order valence-electron chi connectivity index (χ2n) is 19.5. The second-order valence-corrected chi connectivity index (χ2v) is 19.5. The van der Waals surface area contributed by atoms with Crippen LogP contribution in [0.4, 0.5) is 0 Å². The van der Waals surface area contributed by atoms with Gasteiger partial charge in [-0.15, -0.1) is 0 Å². The summed E-state index contributed by atoms with van der Waals surface area (Å²) in [6.45, 7) is 3.22. The third kappa shape index (κ3) is 20.6. The number of hydrogen-bond donors (Lipinski definition) is 13. The van der Waals surface area contributed by atoms with E-state index in [9.17, 15) is 60.7 Å². The monoisotopic (exact) mass is 992 g/mol. The van der Waals surface area contributed by atoms with Gasteiger partial charge >= 0.3 is 5.97 Å². The molecule has 0 aromatic carbocycles. The van der Waals surface area contributed by atoms with E-state index in [1.54, 1.807) is 55.5 Å². The van der Waals surface area contributed by atoms with Gasteiger partial charge in [-0.2, -0.15) is 0 Å². The number of allylic oxidation sites excluding steroid dienone is 12. The minimum atomic E-state index is -2.26. The summed E-state index contributed by atoms with van der Waals surface area (Å²) in [5.74, 6) is -5.03. The fourth-order valence-electron chi connectivity index (χ4n) is 9.07. The van der Waals surface area contributed by atoms with Crippen molar-refractivity contribution in [2.24, 2.45) is 23.3 Å². The number of carbonyl (C=O) groups excluding carboxylic acids is 2. The lowest BCUT2D eigenvalue weighted by molar-refractivity contribution is -0.304. The van der Waals surface area contributed by atoms with E-state index in [0.717, 1.165) is 0 Å². The van der Waals surface area contributed by atoms with Crippen LogP contribution in [0.1, 0.15) is 97.3 Å². The van der Waals surface area contributed by atoms with Gasteiger partial charge in [0, 0.05) is 50.1 Å². The average molecular weight is 992 g/mol. The number of nitrogens with one attached hydrogen (secondary N) is 1. The molecule has 17 atom stereocenters. The molecule has 0 spiro atoms. The van der Waals surface area contributed by atoms with Crippen LogP contribution in [0, 0.1) is 11.8 Å². The minimum Gasteiger partial charge on any atom is -0.462 e. The molecule has 396 valence electrons. The molecular formula is C51H81N3O16. The first-order valence-electron chi connectivity index (χ1n) is 24.7. The van der Waals surface area contributed by atoms with Crippen molar-refractivity contribution in [2.45, 2.75) is 201 Å². The van der Waals surface area contributed by atoms with Gasteiger partial charge in [0.15, 0.2) is 12.1 Å². The molecule has 2 bridgehead atoms. The molecule has 19 nitrogen and oxygen atoms in total. The van der Waals surface area contributed by atoms with Crippen molar-refractivity contribution in [3.8, 4) is 0 Å². The molecule has 1 saturated carbocycles. The molecule has 3 fully saturated rings. The molecule has 3 aliphatic heterocycles. The van der Waals surface area contributed by atoms with E-state index in [4.69, 9.17) is 30.4 Å². The Morgan fingerprint density at radius 1 is 0.657 bits per heavy atom. The van der Waals surface area contributed by atoms with E-state index in [2.05, 4.69) is 5.32 Å². The highest BCUT2D eigenvalue weighted by molar-refractivity contribution is 5.80. The summed E-state index contributed by atoms with van der Waals surface area (Å²) < 4.78 is 23.5. The zero-order valence-corrected chi connectivity index (χ0v) is 40.5. The van der Waals surface area contributed by atoms with Crippen molar-refractivity contribution < 1.29 is 79.6 Å². The average Bonchev–Trinajstić information content (AvgIpc) is 3.27. The third-order valence-corrected chi connectivity index (χ3v) is 13.2. The number of nitrogens with two attached hydrogens (primary N) is 2. The molecule has 70 heavy (non-hydrogen) atoms. The first kappa shape index (κ1) is 59.1. The topological polar surface area (TPSA) is 337 Å². The van der Waals surface area contributed by atoms with E-state index in [0.29, 0.717) is 25.7 Å². The largest absolute Gasteiger partial charge is 0.462 e. The molecule has 4 aliphatic rings. The van der Waals surface area contributed by atoms with E-state index in [1.165, 1.54) is 0 Å². The van der Waals surface area contributed by atoms with Gasteiger partial charge in [0.05, 0.1) is 86.0 Å². The van der Waals surface area contributed by atoms with Gasteiger partial charge in [-0.05, 0) is 51.9 Å². The molecule has 8 unspecified atom stereocenters. The Morgan fingerprint density at radius 2 is 1.26 bits per heavy atom. The summed E-state index contributed by atoms with van der Waals surface area (Å²) in [7, 11) is 0. The highest BCUT2D eigenvalue weighted by Crippen LogP contribution is 2.38. The van der Waals surface area contributed by atoms with Crippen LogP contribution in [0.5, 0.6) is 0 Å². The quantitative estimate of drug-likeness (QED) is 0.169. The molecular weight excluding hydrogens is 911 g/mol. The number of fused-ring (bicyclic) bond motifs is 2. The van der Waals surface area contributed by atoms with Crippen molar-refractivity contribution in [2.75, 3.05) is 6.61 Å². The van der Waals surface area contributed by atoms with Crippen LogP contribution >= 0.6 is 0 Å². The zero-order chi connectivity index (χ0) is 51.4. The molecule has 1 aliphatic carbocycles. The Bertz CT molecular complexity index is 1790. The van der Waals surface area contributed by atoms with Crippen molar-refractivity contribution in [1.29, 1.82) is 0 Å². The number of carbonyl (C=O) groups is 2. The first-order valence-corrected chi connectivity index (χ1v) is 24.7. The fraction of sp³-hybridized carbons (Fsp3) is 0.686. The van der Waals surface area contributed by atoms with E-state index in [1.807, 2.05) is 43.4 Å². The van der Waals surface area contributed by atoms with Gasteiger partial charge in [-0.3, -0.25) is 9.59 Å². The minimum absolute atomic E-state index is 0.00807. The maximum Gasteiger partial charge on any atom is 0.308 e. The number of amides is 1. The maximum atomic E-state index is 14.1. The standard InChI is InChI=1S/C51H81N3O16/c1-31-15-13-11-9-7-5-3-4-6-8-10-12-14-16-38(69-50-48(64)47(53)43(62)30-67-50)27-44-46(49(65)54-34-19-17-33(52)18-20-34)42(61)29-51(66,70-44)28-37(57)25-41(60)39(58)22-21-35(55)24-36(56)26-45(63)68-32(2)23-40(31)59/h3-16,31-44,46-48,50,55-62,64,66H,17-30,52-53H2,1-2H3,(H,54,65)/b4-3+,7-5+,8-6+,11-9+,12-10+,15-13+,16-14+/t31-,32-,33-,34-,35?,36?,37?,38?,39?,40-,41?,42-,43+,44-,46?,47-,48-,50-,51?/m0/s1. The lowest BCUT2D eigenvalue weighted by Gasteiger charge is -2.46. The second kappa shape index (κ2) is 29.9. The molecule has 19 heteroatoms. The lowest BCUT2D eigenvalue weighted by atomic mass is 9.81. The lowest BCUT2D eigenvalue weighted by Crippen LogP contribution is -2.60. The number of ether oxygens (including phenoxy) is 4. The molecule has 2 saturated heterocycles. The number of cyclic esters (lactones) is 1. The van der Waals surface area contributed by atoms with Crippen LogP contribution in [0.25, 0.3) is 0 Å². The van der Waals surface area contributed by atoms with Crippen LogP contribution in [-0.2, 0) is 28.5 Å². The van der Waals surface area contributed by atoms with Gasteiger partial charge in [0.2, 0.25) is 5.91 Å². The molecule has 0 aromatic heterocycles. The number of rotatable bonds is 4. The summed E-state index contributed by atoms with van der Waals surface area (Å²) in [5, 5.41) is 112. The summed E-state index contributed by atoms with van der Waals surface area (Å²) in [6.07, 6.45) is 8.71. The van der Waals surface area contributed by atoms with Gasteiger partial charge < -0.3 is 86.8 Å². The predicted octanol–water partition coefficient (Wildman–Crippen LogP) is 0.379. The van der Waals surface area contributed by atoms with Crippen molar-refractivity contribution >= 4 is 11.9 Å². The number of aliphatic hydroxyl groups excluding tert-OH is 9. The summed E-state index contributed by atoms with van der Waals surface area (Å²) >= 11 is 0. The van der Waals surface area contributed by atoms with Crippen LogP contribution in [0.2, 0.25) is 0 Å². The third-order valence-electron chi connectivity index (χ3n) is 13.2.